The summed E-state index contributed by atoms with van der Waals surface area (Å²) in [6.07, 6.45) is 0.854. The van der Waals surface area contributed by atoms with Crippen LogP contribution >= 0.6 is 0 Å². The summed E-state index contributed by atoms with van der Waals surface area (Å²) in [6, 6.07) is 8.71. The van der Waals surface area contributed by atoms with Gasteiger partial charge in [0.15, 0.2) is 11.6 Å². The molecule has 6 rings (SSSR count). The molecular weight excluding hydrogens is 406 g/mol. The van der Waals surface area contributed by atoms with Crippen LogP contribution in [-0.2, 0) is 6.42 Å². The highest BCUT2D eigenvalue weighted by Gasteiger charge is 2.41. The van der Waals surface area contributed by atoms with Crippen molar-refractivity contribution in [3.8, 4) is 0 Å². The summed E-state index contributed by atoms with van der Waals surface area (Å²) in [4.78, 5) is 26.4. The number of oxazole rings is 1. The number of rotatable bonds is 4. The van der Waals surface area contributed by atoms with Crippen molar-refractivity contribution in [2.45, 2.75) is 37.6 Å². The number of fused-ring (bicyclic) bond motifs is 2. The predicted octanol–water partition coefficient (Wildman–Crippen LogP) is 4.75. The average molecular weight is 424 g/mol. The molecule has 1 N–H and O–H groups in total. The van der Waals surface area contributed by atoms with E-state index in [0.717, 1.165) is 23.9 Å². The van der Waals surface area contributed by atoms with Crippen LogP contribution < -0.4 is 0 Å². The number of aromatic amines is 1. The molecule has 1 saturated carbocycles. The highest BCUT2D eigenvalue weighted by Crippen LogP contribution is 2.42. The predicted molar refractivity (Wildman–Crippen MR) is 105 cm³/mol. The van der Waals surface area contributed by atoms with E-state index in [2.05, 4.69) is 15.0 Å². The highest BCUT2D eigenvalue weighted by molar-refractivity contribution is 5.93. The van der Waals surface area contributed by atoms with E-state index >= 15 is 0 Å². The third-order valence-electron chi connectivity index (χ3n) is 5.90. The van der Waals surface area contributed by atoms with Gasteiger partial charge in [-0.3, -0.25) is 4.79 Å². The van der Waals surface area contributed by atoms with Crippen LogP contribution in [0.25, 0.3) is 11.0 Å². The Morgan fingerprint density at radius 2 is 2.06 bits per heavy atom. The van der Waals surface area contributed by atoms with E-state index in [0.29, 0.717) is 30.0 Å². The lowest BCUT2D eigenvalue weighted by molar-refractivity contribution is 0.0623. The van der Waals surface area contributed by atoms with Gasteiger partial charge in [0, 0.05) is 30.0 Å². The van der Waals surface area contributed by atoms with Gasteiger partial charge >= 0.3 is 0 Å². The lowest BCUT2D eigenvalue weighted by Crippen LogP contribution is -2.40. The van der Waals surface area contributed by atoms with Gasteiger partial charge in [0.1, 0.15) is 17.4 Å². The van der Waals surface area contributed by atoms with Crippen LogP contribution in [0.2, 0.25) is 0 Å². The molecule has 0 radical (unpaired) electrons. The first-order valence-electron chi connectivity index (χ1n) is 10.2. The molecule has 1 atom stereocenters. The number of halogens is 2. The van der Waals surface area contributed by atoms with Gasteiger partial charge in [-0.1, -0.05) is 18.2 Å². The summed E-state index contributed by atoms with van der Waals surface area (Å²) in [6.45, 7) is 0.303. The van der Waals surface area contributed by atoms with Gasteiger partial charge in [-0.15, -0.1) is 0 Å². The standard InChI is InChI=1S/C22H18F2N4O3/c23-20(24)17-19(31-21(27-17)11-5-6-11)22(29)28-8-7-13-16(26-10-25-13)18(28)15-9-12-3-1-2-4-14(12)30-15/h1-4,9-11,18,20H,5-8H2,(H,25,26)/t18-/m1/s1. The lowest BCUT2D eigenvalue weighted by Gasteiger charge is -2.33. The van der Waals surface area contributed by atoms with Crippen molar-refractivity contribution >= 4 is 16.9 Å². The normalized spacial score (nSPS) is 18.7. The summed E-state index contributed by atoms with van der Waals surface area (Å²) in [7, 11) is 0. The second-order valence-corrected chi connectivity index (χ2v) is 7.95. The number of amides is 1. The van der Waals surface area contributed by atoms with Gasteiger partial charge < -0.3 is 18.7 Å². The van der Waals surface area contributed by atoms with Gasteiger partial charge in [-0.25, -0.2) is 18.7 Å². The van der Waals surface area contributed by atoms with E-state index in [9.17, 15) is 13.6 Å². The molecule has 3 aromatic heterocycles. The Bertz CT molecular complexity index is 1250. The third-order valence-corrected chi connectivity index (χ3v) is 5.90. The van der Waals surface area contributed by atoms with Gasteiger partial charge in [0.2, 0.25) is 5.76 Å². The van der Waals surface area contributed by atoms with E-state index in [1.54, 1.807) is 6.33 Å². The molecule has 1 aromatic carbocycles. The topological polar surface area (TPSA) is 88.2 Å². The van der Waals surface area contributed by atoms with Gasteiger partial charge in [0.05, 0.1) is 12.0 Å². The summed E-state index contributed by atoms with van der Waals surface area (Å²) < 4.78 is 39.0. The third kappa shape index (κ3) is 2.95. The molecule has 0 spiro atoms. The first-order chi connectivity index (χ1) is 15.1. The number of hydrogen-bond donors (Lipinski definition) is 1. The summed E-state index contributed by atoms with van der Waals surface area (Å²) >= 11 is 0. The molecule has 1 aliphatic heterocycles. The smallest absolute Gasteiger partial charge is 0.292 e. The van der Waals surface area contributed by atoms with Gasteiger partial charge in [-0.2, -0.15) is 0 Å². The number of hydrogen-bond acceptors (Lipinski definition) is 5. The van der Waals surface area contributed by atoms with Crippen molar-refractivity contribution < 1.29 is 22.4 Å². The number of furan rings is 1. The largest absolute Gasteiger partial charge is 0.458 e. The summed E-state index contributed by atoms with van der Waals surface area (Å²) in [5.41, 5.74) is 1.61. The van der Waals surface area contributed by atoms with Crippen molar-refractivity contribution in [1.29, 1.82) is 0 Å². The monoisotopic (exact) mass is 424 g/mol. The lowest BCUT2D eigenvalue weighted by atomic mass is 9.99. The zero-order chi connectivity index (χ0) is 21.1. The van der Waals surface area contributed by atoms with E-state index in [-0.39, 0.29) is 11.8 Å². The number of imidazole rings is 1. The molecule has 1 fully saturated rings. The maximum absolute atomic E-state index is 13.7. The first kappa shape index (κ1) is 18.3. The number of nitrogens with one attached hydrogen (secondary N) is 1. The Morgan fingerprint density at radius 1 is 1.23 bits per heavy atom. The molecule has 0 bridgehead atoms. The fourth-order valence-electron chi connectivity index (χ4n) is 4.21. The fourth-order valence-corrected chi connectivity index (χ4v) is 4.21. The molecule has 31 heavy (non-hydrogen) atoms. The molecule has 9 heteroatoms. The summed E-state index contributed by atoms with van der Waals surface area (Å²) in [5, 5.41) is 0.886. The number of para-hydroxylation sites is 1. The van der Waals surface area contributed by atoms with E-state index < -0.39 is 29.8 Å². The minimum absolute atomic E-state index is 0.0181. The van der Waals surface area contributed by atoms with Crippen LogP contribution in [0, 0.1) is 0 Å². The minimum Gasteiger partial charge on any atom is -0.458 e. The van der Waals surface area contributed by atoms with E-state index in [4.69, 9.17) is 8.83 Å². The van der Waals surface area contributed by atoms with Crippen LogP contribution in [0.15, 0.2) is 45.5 Å². The maximum atomic E-state index is 13.7. The molecule has 4 aromatic rings. The van der Waals surface area contributed by atoms with Crippen LogP contribution in [0.4, 0.5) is 8.78 Å². The van der Waals surface area contributed by atoms with E-state index in [1.807, 2.05) is 30.3 Å². The average Bonchev–Trinajstić information content (AvgIpc) is 3.18. The molecule has 7 nitrogen and oxygen atoms in total. The molecule has 1 aliphatic carbocycles. The number of nitrogens with zero attached hydrogens (tertiary/aromatic N) is 3. The Kier molecular flexibility index (Phi) is 3.99. The number of alkyl halides is 2. The van der Waals surface area contributed by atoms with Crippen LogP contribution in [-0.4, -0.2) is 32.3 Å². The number of carbonyl (C=O) groups excluding carboxylic acids is 1. The molecule has 0 unspecified atom stereocenters. The van der Waals surface area contributed by atoms with Crippen molar-refractivity contribution in [2.75, 3.05) is 6.54 Å². The quantitative estimate of drug-likeness (QED) is 0.511. The maximum Gasteiger partial charge on any atom is 0.292 e. The second kappa shape index (κ2) is 6.76. The number of aromatic nitrogens is 3. The number of carbonyl (C=O) groups is 1. The SMILES string of the molecule is O=C(c1oc(C2CC2)nc1C(F)F)N1CCc2[nH]cnc2[C@H]1c1cc2ccccc2o1. The zero-order valence-corrected chi connectivity index (χ0v) is 16.3. The van der Waals surface area contributed by atoms with Crippen LogP contribution in [0.1, 0.15) is 70.5 Å². The Labute approximate surface area is 175 Å². The van der Waals surface area contributed by atoms with Crippen LogP contribution in [0.3, 0.4) is 0 Å². The van der Waals surface area contributed by atoms with Crippen molar-refractivity contribution in [3.05, 3.63) is 71.2 Å². The second-order valence-electron chi connectivity index (χ2n) is 7.95. The molecule has 158 valence electrons. The Morgan fingerprint density at radius 3 is 2.84 bits per heavy atom. The summed E-state index contributed by atoms with van der Waals surface area (Å²) in [5.74, 6) is -0.269. The van der Waals surface area contributed by atoms with Gasteiger partial charge in [0.25, 0.3) is 12.3 Å². The van der Waals surface area contributed by atoms with Crippen molar-refractivity contribution in [3.63, 3.8) is 0 Å². The molecular formula is C22H18F2N4O3. The zero-order valence-electron chi connectivity index (χ0n) is 16.3. The number of H-pyrrole nitrogens is 1. The highest BCUT2D eigenvalue weighted by atomic mass is 19.3. The van der Waals surface area contributed by atoms with Crippen LogP contribution in [0.5, 0.6) is 0 Å². The van der Waals surface area contributed by atoms with Crippen molar-refractivity contribution in [2.24, 2.45) is 0 Å². The van der Waals surface area contributed by atoms with E-state index in [1.165, 1.54) is 4.90 Å². The molecule has 2 aliphatic rings. The Balaban J connectivity index is 1.45. The molecule has 4 heterocycles. The molecule has 1 amide bonds. The Hall–Kier alpha value is -3.49. The first-order valence-corrected chi connectivity index (χ1v) is 10.2. The van der Waals surface area contributed by atoms with Crippen molar-refractivity contribution in [1.82, 2.24) is 19.9 Å². The molecule has 0 saturated heterocycles. The minimum atomic E-state index is -2.90. The van der Waals surface area contributed by atoms with Gasteiger partial charge in [-0.05, 0) is 25.0 Å². The fraction of sp³-hybridized carbons (Fsp3) is 0.318. The number of benzene rings is 1.